The average molecular weight is 334 g/mol. The summed E-state index contributed by atoms with van der Waals surface area (Å²) in [5.74, 6) is 3.55. The molecule has 2 aromatic rings. The zero-order valence-electron chi connectivity index (χ0n) is 13.0. The van der Waals surface area contributed by atoms with Gasteiger partial charge in [-0.05, 0) is 38.2 Å². The molecule has 9 heteroatoms. The summed E-state index contributed by atoms with van der Waals surface area (Å²) in [6, 6.07) is 0.314. The maximum Gasteiger partial charge on any atom is 0.333 e. The molecule has 0 radical (unpaired) electrons. The molecule has 1 aliphatic rings. The molecule has 23 heavy (non-hydrogen) atoms. The van der Waals surface area contributed by atoms with E-state index in [1.165, 1.54) is 0 Å². The van der Waals surface area contributed by atoms with Crippen molar-refractivity contribution in [2.24, 2.45) is 0 Å². The zero-order valence-corrected chi connectivity index (χ0v) is 13.8. The van der Waals surface area contributed by atoms with Crippen LogP contribution in [0, 0.1) is 24.0 Å². The summed E-state index contributed by atoms with van der Waals surface area (Å²) < 4.78 is 1.62. The predicted molar refractivity (Wildman–Crippen MR) is 89.3 cm³/mol. The molecule has 0 saturated carbocycles. The van der Waals surface area contributed by atoms with Crippen LogP contribution in [0.5, 0.6) is 0 Å². The lowest BCUT2D eigenvalue weighted by Crippen LogP contribution is -2.26. The molecule has 1 aliphatic heterocycles. The number of rotatable bonds is 4. The van der Waals surface area contributed by atoms with Gasteiger partial charge < -0.3 is 5.32 Å². The summed E-state index contributed by atoms with van der Waals surface area (Å²) in [6.07, 6.45) is 5.36. The number of hydrogen-bond acceptors (Lipinski definition) is 7. The van der Waals surface area contributed by atoms with Gasteiger partial charge in [0.05, 0.1) is 4.92 Å². The Hall–Kier alpha value is -2.16. The van der Waals surface area contributed by atoms with Gasteiger partial charge in [0.15, 0.2) is 0 Å². The molecule has 0 aromatic carbocycles. The van der Waals surface area contributed by atoms with Gasteiger partial charge in [-0.1, -0.05) is 0 Å². The molecular weight excluding hydrogens is 316 g/mol. The molecule has 1 saturated heterocycles. The first kappa shape index (κ1) is 15.7. The number of nitrogens with zero attached hydrogens (tertiary/aromatic N) is 5. The number of thioether (sulfide) groups is 1. The first-order valence-electron chi connectivity index (χ1n) is 7.44. The molecular formula is C14H18N6O2S. The highest BCUT2D eigenvalue weighted by atomic mass is 32.2. The molecule has 1 N–H and O–H groups in total. The smallest absolute Gasteiger partial charge is 0.333 e. The second-order valence-electron chi connectivity index (χ2n) is 5.44. The standard InChI is InChI=1S/C14H18N6O2S/c1-9-12(20(21)22)13(19-6-5-15-10(19)2)18-14(16-9)17-11-3-7-23-8-4-11/h5-6,11H,3-4,7-8H2,1-2H3,(H,16,17,18). The minimum absolute atomic E-state index is 0.0872. The van der Waals surface area contributed by atoms with Crippen LogP contribution in [0.4, 0.5) is 11.6 Å². The Balaban J connectivity index is 2.01. The minimum Gasteiger partial charge on any atom is -0.351 e. The van der Waals surface area contributed by atoms with Crippen molar-refractivity contribution in [3.63, 3.8) is 0 Å². The molecule has 0 amide bonds. The van der Waals surface area contributed by atoms with E-state index in [2.05, 4.69) is 20.3 Å². The van der Waals surface area contributed by atoms with E-state index in [0.717, 1.165) is 24.3 Å². The van der Waals surface area contributed by atoms with E-state index in [1.54, 1.807) is 30.8 Å². The Kier molecular flexibility index (Phi) is 4.46. The second kappa shape index (κ2) is 6.53. The fraction of sp³-hybridized carbons (Fsp3) is 0.500. The van der Waals surface area contributed by atoms with Gasteiger partial charge in [-0.2, -0.15) is 16.7 Å². The number of imidazole rings is 1. The third kappa shape index (κ3) is 3.29. The van der Waals surface area contributed by atoms with E-state index in [-0.39, 0.29) is 11.5 Å². The summed E-state index contributed by atoms with van der Waals surface area (Å²) in [5.41, 5.74) is 0.261. The highest BCUT2D eigenvalue weighted by molar-refractivity contribution is 7.99. The van der Waals surface area contributed by atoms with E-state index in [9.17, 15) is 10.1 Å². The Morgan fingerprint density at radius 3 is 2.70 bits per heavy atom. The van der Waals surface area contributed by atoms with Gasteiger partial charge in [0, 0.05) is 18.4 Å². The van der Waals surface area contributed by atoms with E-state index in [4.69, 9.17) is 0 Å². The molecule has 0 atom stereocenters. The monoisotopic (exact) mass is 334 g/mol. The molecule has 0 unspecified atom stereocenters. The van der Waals surface area contributed by atoms with E-state index >= 15 is 0 Å². The van der Waals surface area contributed by atoms with Crippen molar-refractivity contribution < 1.29 is 4.92 Å². The van der Waals surface area contributed by atoms with Crippen LogP contribution in [0.3, 0.4) is 0 Å². The maximum atomic E-state index is 11.4. The van der Waals surface area contributed by atoms with Crippen molar-refractivity contribution >= 4 is 23.4 Å². The van der Waals surface area contributed by atoms with Gasteiger partial charge in [-0.15, -0.1) is 0 Å². The van der Waals surface area contributed by atoms with Crippen molar-refractivity contribution in [3.05, 3.63) is 34.0 Å². The SMILES string of the molecule is Cc1nc(NC2CCSCC2)nc(-n2ccnc2C)c1[N+](=O)[O-]. The summed E-state index contributed by atoms with van der Waals surface area (Å²) in [7, 11) is 0. The molecule has 122 valence electrons. The van der Waals surface area contributed by atoms with Gasteiger partial charge in [-0.25, -0.2) is 9.97 Å². The lowest BCUT2D eigenvalue weighted by molar-refractivity contribution is -0.385. The van der Waals surface area contributed by atoms with Crippen LogP contribution in [-0.2, 0) is 0 Å². The maximum absolute atomic E-state index is 11.4. The third-order valence-electron chi connectivity index (χ3n) is 3.83. The number of aryl methyl sites for hydroxylation is 2. The van der Waals surface area contributed by atoms with Crippen LogP contribution in [0.2, 0.25) is 0 Å². The second-order valence-corrected chi connectivity index (χ2v) is 6.66. The number of aromatic nitrogens is 4. The lowest BCUT2D eigenvalue weighted by atomic mass is 10.2. The molecule has 1 fully saturated rings. The molecule has 2 aromatic heterocycles. The first-order chi connectivity index (χ1) is 11.1. The number of nitrogens with one attached hydrogen (secondary N) is 1. The number of nitro groups is 1. The Morgan fingerprint density at radius 1 is 1.35 bits per heavy atom. The molecule has 8 nitrogen and oxygen atoms in total. The first-order valence-corrected chi connectivity index (χ1v) is 8.59. The summed E-state index contributed by atoms with van der Waals surface area (Å²) in [4.78, 5) is 23.8. The Morgan fingerprint density at radius 2 is 2.09 bits per heavy atom. The fourth-order valence-corrected chi connectivity index (χ4v) is 3.73. The lowest BCUT2D eigenvalue weighted by Gasteiger charge is -2.22. The molecule has 3 heterocycles. The largest absolute Gasteiger partial charge is 0.351 e. The van der Waals surface area contributed by atoms with Gasteiger partial charge in [0.25, 0.3) is 0 Å². The summed E-state index contributed by atoms with van der Waals surface area (Å²) >= 11 is 1.94. The Bertz CT molecular complexity index is 726. The zero-order chi connectivity index (χ0) is 16.4. The molecule has 3 rings (SSSR count). The fourth-order valence-electron chi connectivity index (χ4n) is 2.62. The summed E-state index contributed by atoms with van der Waals surface area (Å²) in [6.45, 7) is 3.42. The van der Waals surface area contributed by atoms with Crippen LogP contribution >= 0.6 is 11.8 Å². The summed E-state index contributed by atoms with van der Waals surface area (Å²) in [5, 5.41) is 14.7. The predicted octanol–water partition coefficient (Wildman–Crippen LogP) is 2.49. The van der Waals surface area contributed by atoms with Crippen LogP contribution in [0.1, 0.15) is 24.4 Å². The van der Waals surface area contributed by atoms with Crippen molar-refractivity contribution in [3.8, 4) is 5.82 Å². The van der Waals surface area contributed by atoms with E-state index in [1.807, 2.05) is 11.8 Å². The quantitative estimate of drug-likeness (QED) is 0.677. The number of hydrogen-bond donors (Lipinski definition) is 1. The van der Waals surface area contributed by atoms with E-state index < -0.39 is 4.92 Å². The van der Waals surface area contributed by atoms with Crippen molar-refractivity contribution in [1.29, 1.82) is 0 Å². The van der Waals surface area contributed by atoms with Crippen LogP contribution in [0.15, 0.2) is 12.4 Å². The van der Waals surface area contributed by atoms with Gasteiger partial charge in [-0.3, -0.25) is 14.7 Å². The molecule has 0 spiro atoms. The highest BCUT2D eigenvalue weighted by Crippen LogP contribution is 2.27. The van der Waals surface area contributed by atoms with Crippen LogP contribution in [-0.4, -0.2) is 42.0 Å². The van der Waals surface area contributed by atoms with Crippen molar-refractivity contribution in [2.45, 2.75) is 32.7 Å². The topological polar surface area (TPSA) is 98.8 Å². The average Bonchev–Trinajstić information content (AvgIpc) is 2.93. The van der Waals surface area contributed by atoms with Crippen molar-refractivity contribution in [1.82, 2.24) is 19.5 Å². The van der Waals surface area contributed by atoms with Crippen LogP contribution < -0.4 is 5.32 Å². The Labute approximate surface area is 137 Å². The third-order valence-corrected chi connectivity index (χ3v) is 4.88. The van der Waals surface area contributed by atoms with Gasteiger partial charge in [0.1, 0.15) is 11.5 Å². The van der Waals surface area contributed by atoms with Gasteiger partial charge >= 0.3 is 5.69 Å². The van der Waals surface area contributed by atoms with Gasteiger partial charge in [0.2, 0.25) is 11.8 Å². The number of anilines is 1. The van der Waals surface area contributed by atoms with E-state index in [0.29, 0.717) is 23.5 Å². The minimum atomic E-state index is -0.439. The van der Waals surface area contributed by atoms with Crippen LogP contribution in [0.25, 0.3) is 5.82 Å². The molecule has 0 aliphatic carbocycles. The highest BCUT2D eigenvalue weighted by Gasteiger charge is 2.25. The normalized spacial score (nSPS) is 15.6. The van der Waals surface area contributed by atoms with Crippen molar-refractivity contribution in [2.75, 3.05) is 16.8 Å². The molecule has 0 bridgehead atoms.